The fourth-order valence-electron chi connectivity index (χ4n) is 2.37. The number of hydrogen-bond acceptors (Lipinski definition) is 4. The molecule has 2 amide bonds. The van der Waals surface area contributed by atoms with Crippen LogP contribution in [0.15, 0.2) is 24.5 Å². The van der Waals surface area contributed by atoms with E-state index in [-0.39, 0.29) is 23.6 Å². The second kappa shape index (κ2) is 6.21. The number of pyridine rings is 1. The Morgan fingerprint density at radius 3 is 2.90 bits per heavy atom. The van der Waals surface area contributed by atoms with Crippen molar-refractivity contribution in [3.8, 4) is 0 Å². The molecule has 1 unspecified atom stereocenters. The van der Waals surface area contributed by atoms with Crippen LogP contribution in [0.2, 0.25) is 0 Å². The molecule has 7 heteroatoms. The maximum Gasteiger partial charge on any atom is 0.317 e. The summed E-state index contributed by atoms with van der Waals surface area (Å²) in [6.45, 7) is 2.75. The van der Waals surface area contributed by atoms with Gasteiger partial charge < -0.3 is 10.2 Å². The van der Waals surface area contributed by atoms with Crippen LogP contribution in [0.1, 0.15) is 18.9 Å². The molecule has 110 valence electrons. The van der Waals surface area contributed by atoms with Crippen LogP contribution >= 0.6 is 0 Å². The Kier molecular flexibility index (Phi) is 4.59. The lowest BCUT2D eigenvalue weighted by Gasteiger charge is -2.27. The highest BCUT2D eigenvalue weighted by Crippen LogP contribution is 2.17. The highest BCUT2D eigenvalue weighted by Gasteiger charge is 2.33. The minimum Gasteiger partial charge on any atom is -0.334 e. The molecule has 0 aliphatic carbocycles. The molecule has 1 fully saturated rings. The first-order valence-corrected chi connectivity index (χ1v) is 8.48. The Labute approximate surface area is 119 Å². The molecule has 1 aromatic heterocycles. The molecule has 1 N–H and O–H groups in total. The van der Waals surface area contributed by atoms with E-state index >= 15 is 0 Å². The standard InChI is InChI=1S/C13H19N3O3S/c1-2-16(12-5-7-20(18,19)10-12)13(17)15-9-11-4-3-6-14-8-11/h3-4,6,8,12H,2,5,7,9-10H2,1H3,(H,15,17). The average molecular weight is 297 g/mol. The monoisotopic (exact) mass is 297 g/mol. The predicted molar refractivity (Wildman–Crippen MR) is 75.9 cm³/mol. The van der Waals surface area contributed by atoms with Crippen molar-refractivity contribution < 1.29 is 13.2 Å². The molecule has 2 rings (SSSR count). The average Bonchev–Trinajstić information content (AvgIpc) is 2.78. The normalized spacial score (nSPS) is 20.6. The maximum absolute atomic E-state index is 12.1. The molecule has 20 heavy (non-hydrogen) atoms. The van der Waals surface area contributed by atoms with Gasteiger partial charge in [-0.2, -0.15) is 0 Å². The lowest BCUT2D eigenvalue weighted by molar-refractivity contribution is 0.183. The molecule has 2 heterocycles. The molecule has 0 aromatic carbocycles. The van der Waals surface area contributed by atoms with E-state index in [1.54, 1.807) is 17.3 Å². The molecule has 0 bridgehead atoms. The highest BCUT2D eigenvalue weighted by atomic mass is 32.2. The molecule has 0 saturated carbocycles. The Balaban J connectivity index is 1.93. The number of rotatable bonds is 4. The number of nitrogens with one attached hydrogen (secondary N) is 1. The van der Waals surface area contributed by atoms with E-state index in [0.29, 0.717) is 19.5 Å². The van der Waals surface area contributed by atoms with Gasteiger partial charge in [-0.25, -0.2) is 13.2 Å². The number of carbonyl (C=O) groups is 1. The molecule has 1 aromatic rings. The van der Waals surface area contributed by atoms with Crippen molar-refractivity contribution in [2.75, 3.05) is 18.1 Å². The number of carbonyl (C=O) groups excluding carboxylic acids is 1. The van der Waals surface area contributed by atoms with Crippen molar-refractivity contribution >= 4 is 15.9 Å². The maximum atomic E-state index is 12.1. The summed E-state index contributed by atoms with van der Waals surface area (Å²) in [6.07, 6.45) is 3.89. The SMILES string of the molecule is CCN(C(=O)NCc1cccnc1)C1CCS(=O)(=O)C1. The minimum absolute atomic E-state index is 0.0706. The fraction of sp³-hybridized carbons (Fsp3) is 0.538. The van der Waals surface area contributed by atoms with Gasteiger partial charge in [0.05, 0.1) is 11.5 Å². The Morgan fingerprint density at radius 1 is 1.55 bits per heavy atom. The van der Waals surface area contributed by atoms with Crippen LogP contribution in [0.5, 0.6) is 0 Å². The number of amides is 2. The lowest BCUT2D eigenvalue weighted by atomic mass is 10.2. The number of urea groups is 1. The van der Waals surface area contributed by atoms with Gasteiger partial charge in [-0.05, 0) is 25.0 Å². The van der Waals surface area contributed by atoms with Gasteiger partial charge in [-0.3, -0.25) is 4.98 Å². The Bertz CT molecular complexity index is 559. The van der Waals surface area contributed by atoms with Crippen LogP contribution in [0.25, 0.3) is 0 Å². The van der Waals surface area contributed by atoms with E-state index < -0.39 is 9.84 Å². The summed E-state index contributed by atoms with van der Waals surface area (Å²) in [4.78, 5) is 17.7. The summed E-state index contributed by atoms with van der Waals surface area (Å²) in [5, 5.41) is 2.81. The van der Waals surface area contributed by atoms with Crippen molar-refractivity contribution in [2.24, 2.45) is 0 Å². The van der Waals surface area contributed by atoms with Gasteiger partial charge >= 0.3 is 6.03 Å². The first kappa shape index (κ1) is 14.8. The van der Waals surface area contributed by atoms with Gasteiger partial charge in [0.15, 0.2) is 9.84 Å². The van der Waals surface area contributed by atoms with Crippen molar-refractivity contribution in [2.45, 2.75) is 25.9 Å². The predicted octanol–water partition coefficient (Wildman–Crippen LogP) is 0.800. The number of aromatic nitrogens is 1. The molecule has 0 radical (unpaired) electrons. The van der Waals surface area contributed by atoms with E-state index in [0.717, 1.165) is 5.56 Å². The zero-order chi connectivity index (χ0) is 14.6. The van der Waals surface area contributed by atoms with Crippen molar-refractivity contribution in [3.05, 3.63) is 30.1 Å². The van der Waals surface area contributed by atoms with Crippen LogP contribution in [-0.2, 0) is 16.4 Å². The summed E-state index contributed by atoms with van der Waals surface area (Å²) < 4.78 is 23.0. The van der Waals surface area contributed by atoms with Crippen molar-refractivity contribution in [3.63, 3.8) is 0 Å². The number of hydrogen-bond donors (Lipinski definition) is 1. The second-order valence-corrected chi connectivity index (χ2v) is 7.09. The van der Waals surface area contributed by atoms with Gasteiger partial charge in [-0.15, -0.1) is 0 Å². The van der Waals surface area contributed by atoms with E-state index in [1.165, 1.54) is 0 Å². The first-order chi connectivity index (χ1) is 9.52. The van der Waals surface area contributed by atoms with E-state index in [9.17, 15) is 13.2 Å². The summed E-state index contributed by atoms with van der Waals surface area (Å²) >= 11 is 0. The van der Waals surface area contributed by atoms with Gasteiger partial charge in [0.25, 0.3) is 0 Å². The van der Waals surface area contributed by atoms with Crippen LogP contribution in [0.4, 0.5) is 4.79 Å². The largest absolute Gasteiger partial charge is 0.334 e. The second-order valence-electron chi connectivity index (χ2n) is 4.86. The smallest absolute Gasteiger partial charge is 0.317 e. The third-order valence-corrected chi connectivity index (χ3v) is 5.17. The van der Waals surface area contributed by atoms with Crippen molar-refractivity contribution in [1.82, 2.24) is 15.2 Å². The summed E-state index contributed by atoms with van der Waals surface area (Å²) in [5.74, 6) is 0.241. The van der Waals surface area contributed by atoms with Crippen molar-refractivity contribution in [1.29, 1.82) is 0 Å². The van der Waals surface area contributed by atoms with Crippen LogP contribution in [-0.4, -0.2) is 48.4 Å². The van der Waals surface area contributed by atoms with Gasteiger partial charge in [0.1, 0.15) is 0 Å². The highest BCUT2D eigenvalue weighted by molar-refractivity contribution is 7.91. The summed E-state index contributed by atoms with van der Waals surface area (Å²) in [6, 6.07) is 3.25. The zero-order valence-corrected chi connectivity index (χ0v) is 12.3. The molecular formula is C13H19N3O3S. The zero-order valence-electron chi connectivity index (χ0n) is 11.4. The first-order valence-electron chi connectivity index (χ1n) is 6.65. The van der Waals surface area contributed by atoms with Crippen LogP contribution in [0.3, 0.4) is 0 Å². The molecule has 1 saturated heterocycles. The van der Waals surface area contributed by atoms with E-state index in [4.69, 9.17) is 0 Å². The number of nitrogens with zero attached hydrogens (tertiary/aromatic N) is 2. The summed E-state index contributed by atoms with van der Waals surface area (Å²) in [5.41, 5.74) is 0.913. The molecule has 1 aliphatic rings. The quantitative estimate of drug-likeness (QED) is 0.891. The van der Waals surface area contributed by atoms with E-state index in [1.807, 2.05) is 19.1 Å². The summed E-state index contributed by atoms with van der Waals surface area (Å²) in [7, 11) is -2.98. The number of sulfone groups is 1. The van der Waals surface area contributed by atoms with Crippen LogP contribution in [0, 0.1) is 0 Å². The Hall–Kier alpha value is -1.63. The van der Waals surface area contributed by atoms with Gasteiger partial charge in [-0.1, -0.05) is 6.07 Å². The molecule has 6 nitrogen and oxygen atoms in total. The molecule has 1 aliphatic heterocycles. The minimum atomic E-state index is -2.98. The molecular weight excluding hydrogens is 278 g/mol. The van der Waals surface area contributed by atoms with Gasteiger partial charge in [0.2, 0.25) is 0 Å². The Morgan fingerprint density at radius 2 is 2.35 bits per heavy atom. The third-order valence-electron chi connectivity index (χ3n) is 3.42. The fourth-order valence-corrected chi connectivity index (χ4v) is 4.10. The molecule has 1 atom stereocenters. The van der Waals surface area contributed by atoms with E-state index in [2.05, 4.69) is 10.3 Å². The topological polar surface area (TPSA) is 79.4 Å². The lowest BCUT2D eigenvalue weighted by Crippen LogP contribution is -2.46. The van der Waals surface area contributed by atoms with Crippen LogP contribution < -0.4 is 5.32 Å². The van der Waals surface area contributed by atoms with Gasteiger partial charge in [0, 0.05) is 31.5 Å². The molecule has 0 spiro atoms. The third kappa shape index (κ3) is 3.69.